The highest BCUT2D eigenvalue weighted by Crippen LogP contribution is 2.07. The molecule has 1 rings (SSSR count). The average Bonchev–Trinajstić information content (AvgIpc) is 2.26. The molecule has 0 aliphatic carbocycles. The van der Waals surface area contributed by atoms with E-state index < -0.39 is 0 Å². The molecule has 0 N–H and O–H groups in total. The Morgan fingerprint density at radius 3 is 2.57 bits per heavy atom. The number of carbonyl (C=O) groups is 1. The first kappa shape index (κ1) is 11.0. The van der Waals surface area contributed by atoms with Gasteiger partial charge in [-0.15, -0.1) is 0 Å². The maximum atomic E-state index is 11.5. The second kappa shape index (κ2) is 5.60. The molecule has 1 aromatic carbocycles. The zero-order valence-corrected chi connectivity index (χ0v) is 9.45. The van der Waals surface area contributed by atoms with Gasteiger partial charge in [-0.25, -0.2) is 4.79 Å². The number of hydrogen-bond acceptors (Lipinski definition) is 2. The molecule has 0 spiro atoms. The second-order valence-corrected chi connectivity index (χ2v) is 3.20. The Kier molecular flexibility index (Phi) is 4.40. The normalized spacial score (nSPS) is 11.1. The molecule has 0 heterocycles. The summed E-state index contributed by atoms with van der Waals surface area (Å²) in [6.45, 7) is 1.83. The van der Waals surface area contributed by atoms with Gasteiger partial charge < -0.3 is 4.74 Å². The lowest BCUT2D eigenvalue weighted by Crippen LogP contribution is -2.05. The molecule has 0 unspecified atom stereocenters. The molecule has 0 saturated heterocycles. The molecule has 0 saturated carbocycles. The largest absolute Gasteiger partial charge is 0.427 e. The number of hydrogen-bond donors (Lipinski definition) is 0. The monoisotopic (exact) mass is 254 g/mol. The van der Waals surface area contributed by atoms with Crippen LogP contribution < -0.4 is 0 Å². The van der Waals surface area contributed by atoms with Gasteiger partial charge in [-0.2, -0.15) is 0 Å². The van der Waals surface area contributed by atoms with E-state index in [0.29, 0.717) is 16.7 Å². The maximum absolute atomic E-state index is 11.5. The van der Waals surface area contributed by atoms with E-state index in [-0.39, 0.29) is 5.97 Å². The lowest BCUT2D eigenvalue weighted by atomic mass is 10.2. The molecule has 0 bridgehead atoms. The molecule has 1 aromatic rings. The molecular formula is C11H11BrO2. The minimum Gasteiger partial charge on any atom is -0.427 e. The number of alkyl halides is 1. The average molecular weight is 255 g/mol. The molecule has 0 fully saturated rings. The summed E-state index contributed by atoms with van der Waals surface area (Å²) in [6, 6.07) is 8.92. The number of rotatable bonds is 3. The number of halogens is 1. The van der Waals surface area contributed by atoms with Crippen molar-refractivity contribution in [2.24, 2.45) is 0 Å². The Hall–Kier alpha value is -1.09. The van der Waals surface area contributed by atoms with Crippen molar-refractivity contribution in [2.45, 2.75) is 6.92 Å². The Labute approximate surface area is 91.7 Å². The molecule has 0 aromatic heterocycles. The van der Waals surface area contributed by atoms with Gasteiger partial charge in [-0.1, -0.05) is 34.1 Å². The predicted octanol–water partition coefficient (Wildman–Crippen LogP) is 3.14. The minimum absolute atomic E-state index is 0.321. The highest BCUT2D eigenvalue weighted by atomic mass is 79.9. The first-order chi connectivity index (χ1) is 6.77. The van der Waals surface area contributed by atoms with Crippen molar-refractivity contribution >= 4 is 21.9 Å². The van der Waals surface area contributed by atoms with E-state index in [1.165, 1.54) is 0 Å². The van der Waals surface area contributed by atoms with Gasteiger partial charge in [-0.05, 0) is 25.1 Å². The zero-order chi connectivity index (χ0) is 10.4. The van der Waals surface area contributed by atoms with Crippen LogP contribution in [0, 0.1) is 0 Å². The highest BCUT2D eigenvalue weighted by molar-refractivity contribution is 9.09. The van der Waals surface area contributed by atoms with Crippen molar-refractivity contribution < 1.29 is 9.53 Å². The Morgan fingerprint density at radius 2 is 2.07 bits per heavy atom. The van der Waals surface area contributed by atoms with Gasteiger partial charge in [0.25, 0.3) is 0 Å². The number of allylic oxidation sites excluding steroid dienone is 2. The Morgan fingerprint density at radius 1 is 1.43 bits per heavy atom. The van der Waals surface area contributed by atoms with E-state index in [0.717, 1.165) is 0 Å². The van der Waals surface area contributed by atoms with Crippen LogP contribution in [0.15, 0.2) is 42.2 Å². The summed E-state index contributed by atoms with van der Waals surface area (Å²) in [5, 5.41) is 0.544. The van der Waals surface area contributed by atoms with Crippen molar-refractivity contribution in [2.75, 3.05) is 5.33 Å². The first-order valence-corrected chi connectivity index (χ1v) is 5.38. The van der Waals surface area contributed by atoms with E-state index in [1.807, 2.05) is 13.0 Å². The van der Waals surface area contributed by atoms with E-state index in [2.05, 4.69) is 15.9 Å². The standard InChI is InChI=1S/C11H11BrO2/c1-2-10(8-12)14-11(13)9-6-4-3-5-7-9/h2-7H,8H2,1H3. The molecule has 3 heteroatoms. The summed E-state index contributed by atoms with van der Waals surface area (Å²) in [5.41, 5.74) is 0.563. The van der Waals surface area contributed by atoms with Crippen LogP contribution in [0.25, 0.3) is 0 Å². The van der Waals surface area contributed by atoms with Crippen LogP contribution in [0.4, 0.5) is 0 Å². The van der Waals surface area contributed by atoms with E-state index in [9.17, 15) is 4.79 Å². The fraction of sp³-hybridized carbons (Fsp3) is 0.182. The van der Waals surface area contributed by atoms with Crippen LogP contribution >= 0.6 is 15.9 Å². The topological polar surface area (TPSA) is 26.3 Å². The molecule has 14 heavy (non-hydrogen) atoms. The van der Waals surface area contributed by atoms with E-state index >= 15 is 0 Å². The van der Waals surface area contributed by atoms with Crippen LogP contribution in [0.5, 0.6) is 0 Å². The van der Waals surface area contributed by atoms with Gasteiger partial charge >= 0.3 is 5.97 Å². The second-order valence-electron chi connectivity index (χ2n) is 2.64. The summed E-state index contributed by atoms with van der Waals surface area (Å²) >= 11 is 3.23. The predicted molar refractivity (Wildman–Crippen MR) is 59.4 cm³/mol. The van der Waals surface area contributed by atoms with Gasteiger partial charge in [-0.3, -0.25) is 0 Å². The number of esters is 1. The third-order valence-electron chi connectivity index (χ3n) is 1.69. The van der Waals surface area contributed by atoms with Gasteiger partial charge in [0.2, 0.25) is 0 Å². The summed E-state index contributed by atoms with van der Waals surface area (Å²) < 4.78 is 5.11. The lowest BCUT2D eigenvalue weighted by molar-refractivity contribution is 0.0628. The fourth-order valence-corrected chi connectivity index (χ4v) is 1.35. The first-order valence-electron chi connectivity index (χ1n) is 4.26. The van der Waals surface area contributed by atoms with Crippen molar-refractivity contribution in [3.05, 3.63) is 47.7 Å². The fourth-order valence-electron chi connectivity index (χ4n) is 0.916. The molecule has 0 aliphatic heterocycles. The maximum Gasteiger partial charge on any atom is 0.343 e. The van der Waals surface area contributed by atoms with Crippen LogP contribution in [-0.2, 0) is 4.74 Å². The summed E-state index contributed by atoms with van der Waals surface area (Å²) in [4.78, 5) is 11.5. The SMILES string of the molecule is CC=C(CBr)OC(=O)c1ccccc1. The third kappa shape index (κ3) is 3.00. The number of ether oxygens (including phenoxy) is 1. The smallest absolute Gasteiger partial charge is 0.343 e. The number of benzene rings is 1. The van der Waals surface area contributed by atoms with Crippen LogP contribution in [0.3, 0.4) is 0 Å². The Balaban J connectivity index is 2.68. The van der Waals surface area contributed by atoms with Crippen LogP contribution in [-0.4, -0.2) is 11.3 Å². The Bertz CT molecular complexity index is 330. The van der Waals surface area contributed by atoms with Crippen LogP contribution in [0.1, 0.15) is 17.3 Å². The molecule has 74 valence electrons. The third-order valence-corrected chi connectivity index (χ3v) is 2.24. The zero-order valence-electron chi connectivity index (χ0n) is 7.87. The van der Waals surface area contributed by atoms with Crippen molar-refractivity contribution in [3.63, 3.8) is 0 Å². The molecule has 0 radical (unpaired) electrons. The molecule has 2 nitrogen and oxygen atoms in total. The number of carbonyl (C=O) groups excluding carboxylic acids is 1. The molecule has 0 amide bonds. The van der Waals surface area contributed by atoms with Crippen molar-refractivity contribution in [1.29, 1.82) is 0 Å². The molecular weight excluding hydrogens is 244 g/mol. The highest BCUT2D eigenvalue weighted by Gasteiger charge is 2.07. The molecule has 0 atom stereocenters. The quantitative estimate of drug-likeness (QED) is 0.471. The van der Waals surface area contributed by atoms with E-state index in [4.69, 9.17) is 4.74 Å². The molecule has 0 aliphatic rings. The van der Waals surface area contributed by atoms with E-state index in [1.54, 1.807) is 30.3 Å². The van der Waals surface area contributed by atoms with Crippen molar-refractivity contribution in [1.82, 2.24) is 0 Å². The summed E-state index contributed by atoms with van der Waals surface area (Å²) in [6.07, 6.45) is 1.76. The minimum atomic E-state index is -0.321. The van der Waals surface area contributed by atoms with Crippen LogP contribution in [0.2, 0.25) is 0 Å². The van der Waals surface area contributed by atoms with Crippen molar-refractivity contribution in [3.8, 4) is 0 Å². The summed E-state index contributed by atoms with van der Waals surface area (Å²) in [7, 11) is 0. The van der Waals surface area contributed by atoms with Gasteiger partial charge in [0.1, 0.15) is 5.76 Å². The van der Waals surface area contributed by atoms with Gasteiger partial charge in [0, 0.05) is 0 Å². The lowest BCUT2D eigenvalue weighted by Gasteiger charge is -2.04. The van der Waals surface area contributed by atoms with Gasteiger partial charge in [0.15, 0.2) is 0 Å². The summed E-state index contributed by atoms with van der Waals surface area (Å²) in [5.74, 6) is 0.303. The van der Waals surface area contributed by atoms with Gasteiger partial charge in [0.05, 0.1) is 10.9 Å².